The second-order valence-electron chi connectivity index (χ2n) is 10.1. The average Bonchev–Trinajstić information content (AvgIpc) is 3.28. The third-order valence-electron chi connectivity index (χ3n) is 7.81. The van der Waals surface area contributed by atoms with Gasteiger partial charge in [-0.05, 0) is 61.4 Å². The molecule has 2 saturated heterocycles. The van der Waals surface area contributed by atoms with Gasteiger partial charge in [0.1, 0.15) is 0 Å². The molecule has 5 heteroatoms. The molecule has 0 bridgehead atoms. The number of aromatic nitrogens is 2. The van der Waals surface area contributed by atoms with E-state index < -0.39 is 0 Å². The number of aryl methyl sites for hydroxylation is 2. The van der Waals surface area contributed by atoms with Crippen molar-refractivity contribution in [1.82, 2.24) is 14.9 Å². The Morgan fingerprint density at radius 3 is 2.73 bits per heavy atom. The van der Waals surface area contributed by atoms with E-state index >= 15 is 0 Å². The lowest BCUT2D eigenvalue weighted by Crippen LogP contribution is -2.59. The average molecular weight is 439 g/mol. The van der Waals surface area contributed by atoms with E-state index in [1.54, 1.807) is 0 Å². The summed E-state index contributed by atoms with van der Waals surface area (Å²) < 4.78 is 0. The number of fused-ring (bicyclic) bond motifs is 2. The summed E-state index contributed by atoms with van der Waals surface area (Å²) in [5, 5.41) is 2.52. The minimum atomic E-state index is 0.0397. The maximum Gasteiger partial charge on any atom is 0.245 e. The van der Waals surface area contributed by atoms with Crippen LogP contribution in [0, 0.1) is 12.3 Å². The number of benzene rings is 2. The summed E-state index contributed by atoms with van der Waals surface area (Å²) in [6.45, 7) is 9.32. The first-order valence-corrected chi connectivity index (χ1v) is 12.1. The van der Waals surface area contributed by atoms with E-state index in [2.05, 4.69) is 54.8 Å². The molecule has 2 aromatic carbocycles. The topological polar surface area (TPSA) is 49.3 Å². The SMILES string of the molecule is C=CC(=O)N1CC2(CCN(c3nc4c(c(-c5c(C)ccc6ccccc56)n3)CCCC4)C2)C1. The van der Waals surface area contributed by atoms with Gasteiger partial charge >= 0.3 is 0 Å². The minimum absolute atomic E-state index is 0.0397. The van der Waals surface area contributed by atoms with Crippen molar-refractivity contribution < 1.29 is 4.79 Å². The lowest BCUT2D eigenvalue weighted by Gasteiger charge is -2.47. The Bertz CT molecular complexity index is 1270. The fourth-order valence-electron chi connectivity index (χ4n) is 6.04. The molecule has 168 valence electrons. The van der Waals surface area contributed by atoms with Crippen LogP contribution in [0.2, 0.25) is 0 Å². The molecule has 6 rings (SSSR count). The number of nitrogens with zero attached hydrogens (tertiary/aromatic N) is 4. The highest BCUT2D eigenvalue weighted by Gasteiger charge is 2.49. The van der Waals surface area contributed by atoms with Crippen molar-refractivity contribution in [2.24, 2.45) is 5.41 Å². The Hall–Kier alpha value is -3.21. The van der Waals surface area contributed by atoms with Crippen LogP contribution < -0.4 is 4.90 Å². The monoisotopic (exact) mass is 438 g/mol. The standard InChI is InChI=1S/C28H30N4O/c1-3-24(33)32-17-28(18-32)14-15-31(16-28)27-29-23-11-7-6-10-22(23)26(30-27)25-19(2)12-13-20-8-4-5-9-21(20)25/h3-5,8-9,12-13H,1,6-7,10-11,14-18H2,2H3. The van der Waals surface area contributed by atoms with Crippen molar-refractivity contribution in [3.63, 3.8) is 0 Å². The highest BCUT2D eigenvalue weighted by molar-refractivity contribution is 5.98. The van der Waals surface area contributed by atoms with Crippen LogP contribution in [0.1, 0.15) is 36.1 Å². The molecule has 3 heterocycles. The Morgan fingerprint density at radius 2 is 1.88 bits per heavy atom. The first-order chi connectivity index (χ1) is 16.1. The van der Waals surface area contributed by atoms with Crippen molar-refractivity contribution in [2.45, 2.75) is 39.0 Å². The summed E-state index contributed by atoms with van der Waals surface area (Å²) in [6, 6.07) is 13.1. The zero-order valence-electron chi connectivity index (χ0n) is 19.3. The lowest BCUT2D eigenvalue weighted by molar-refractivity contribution is -0.136. The Labute approximate surface area is 195 Å². The predicted octanol–water partition coefficient (Wildman–Crippen LogP) is 4.71. The van der Waals surface area contributed by atoms with Crippen molar-refractivity contribution in [3.8, 4) is 11.3 Å². The summed E-state index contributed by atoms with van der Waals surface area (Å²) in [4.78, 5) is 26.6. The number of carbonyl (C=O) groups is 1. The van der Waals surface area contributed by atoms with Crippen LogP contribution in [0.25, 0.3) is 22.0 Å². The number of amides is 1. The van der Waals surface area contributed by atoms with Crippen LogP contribution >= 0.6 is 0 Å². The number of likely N-dealkylation sites (tertiary alicyclic amines) is 1. The van der Waals surface area contributed by atoms with Gasteiger partial charge in [-0.25, -0.2) is 9.97 Å². The number of hydrogen-bond acceptors (Lipinski definition) is 4. The molecule has 0 saturated carbocycles. The largest absolute Gasteiger partial charge is 0.340 e. The minimum Gasteiger partial charge on any atom is -0.340 e. The van der Waals surface area contributed by atoms with Gasteiger partial charge in [0.05, 0.1) is 5.69 Å². The van der Waals surface area contributed by atoms with Crippen LogP contribution in [-0.2, 0) is 17.6 Å². The number of anilines is 1. The van der Waals surface area contributed by atoms with E-state index in [1.165, 1.54) is 52.1 Å². The molecule has 1 amide bonds. The number of rotatable bonds is 3. The first kappa shape index (κ1) is 20.4. The molecule has 1 aliphatic carbocycles. The summed E-state index contributed by atoms with van der Waals surface area (Å²) in [6.07, 6.45) is 6.98. The van der Waals surface area contributed by atoms with Gasteiger partial charge in [0.15, 0.2) is 0 Å². The van der Waals surface area contributed by atoms with Crippen molar-refractivity contribution in [3.05, 3.63) is 65.9 Å². The van der Waals surface area contributed by atoms with Gasteiger partial charge in [-0.1, -0.05) is 43.0 Å². The third kappa shape index (κ3) is 3.33. The molecule has 0 radical (unpaired) electrons. The van der Waals surface area contributed by atoms with Crippen LogP contribution in [0.3, 0.4) is 0 Å². The number of carbonyl (C=O) groups excluding carboxylic acids is 1. The molecular formula is C28H30N4O. The molecule has 0 N–H and O–H groups in total. The van der Waals surface area contributed by atoms with Gasteiger partial charge in [-0.15, -0.1) is 0 Å². The first-order valence-electron chi connectivity index (χ1n) is 12.1. The normalized spacial score (nSPS) is 18.9. The summed E-state index contributed by atoms with van der Waals surface area (Å²) in [7, 11) is 0. The molecule has 0 unspecified atom stereocenters. The summed E-state index contributed by atoms with van der Waals surface area (Å²) in [5.74, 6) is 0.904. The van der Waals surface area contributed by atoms with Crippen molar-refractivity contribution in [1.29, 1.82) is 0 Å². The molecule has 1 aromatic heterocycles. The molecule has 0 atom stereocenters. The van der Waals surface area contributed by atoms with Gasteiger partial charge in [-0.3, -0.25) is 4.79 Å². The highest BCUT2D eigenvalue weighted by atomic mass is 16.2. The van der Waals surface area contributed by atoms with Gasteiger partial charge < -0.3 is 9.80 Å². The molecule has 33 heavy (non-hydrogen) atoms. The molecule has 2 aliphatic heterocycles. The molecule has 3 aliphatic rings. The number of hydrogen-bond donors (Lipinski definition) is 0. The fourth-order valence-corrected chi connectivity index (χ4v) is 6.04. The van der Waals surface area contributed by atoms with E-state index in [0.717, 1.165) is 57.1 Å². The Balaban J connectivity index is 1.41. The van der Waals surface area contributed by atoms with Gasteiger partial charge in [-0.2, -0.15) is 0 Å². The van der Waals surface area contributed by atoms with E-state index in [-0.39, 0.29) is 11.3 Å². The fraction of sp³-hybridized carbons (Fsp3) is 0.393. The summed E-state index contributed by atoms with van der Waals surface area (Å²) in [5.41, 5.74) is 6.39. The van der Waals surface area contributed by atoms with Gasteiger partial charge in [0, 0.05) is 48.4 Å². The Kier molecular flexibility index (Phi) is 4.75. The van der Waals surface area contributed by atoms with E-state index in [4.69, 9.17) is 9.97 Å². The zero-order valence-corrected chi connectivity index (χ0v) is 19.3. The zero-order chi connectivity index (χ0) is 22.6. The van der Waals surface area contributed by atoms with Gasteiger partial charge in [0.25, 0.3) is 0 Å². The molecular weight excluding hydrogens is 408 g/mol. The van der Waals surface area contributed by atoms with Gasteiger partial charge in [0.2, 0.25) is 11.9 Å². The van der Waals surface area contributed by atoms with E-state index in [0.29, 0.717) is 0 Å². The second-order valence-corrected chi connectivity index (χ2v) is 10.1. The van der Waals surface area contributed by atoms with Crippen molar-refractivity contribution in [2.75, 3.05) is 31.1 Å². The highest BCUT2D eigenvalue weighted by Crippen LogP contribution is 2.42. The van der Waals surface area contributed by atoms with E-state index in [9.17, 15) is 4.79 Å². The van der Waals surface area contributed by atoms with Crippen LogP contribution in [-0.4, -0.2) is 47.0 Å². The Morgan fingerprint density at radius 1 is 1.06 bits per heavy atom. The predicted molar refractivity (Wildman–Crippen MR) is 132 cm³/mol. The summed E-state index contributed by atoms with van der Waals surface area (Å²) >= 11 is 0. The smallest absolute Gasteiger partial charge is 0.245 e. The van der Waals surface area contributed by atoms with Crippen LogP contribution in [0.4, 0.5) is 5.95 Å². The second kappa shape index (κ2) is 7.68. The van der Waals surface area contributed by atoms with Crippen LogP contribution in [0.5, 0.6) is 0 Å². The third-order valence-corrected chi connectivity index (χ3v) is 7.81. The molecule has 2 fully saturated rings. The molecule has 1 spiro atoms. The maximum atomic E-state index is 12.0. The molecule has 3 aromatic rings. The maximum absolute atomic E-state index is 12.0. The quantitative estimate of drug-likeness (QED) is 0.556. The van der Waals surface area contributed by atoms with E-state index in [1.807, 2.05) is 4.90 Å². The molecule has 5 nitrogen and oxygen atoms in total. The lowest BCUT2D eigenvalue weighted by atomic mass is 9.79. The van der Waals surface area contributed by atoms with Crippen LogP contribution in [0.15, 0.2) is 49.1 Å². The van der Waals surface area contributed by atoms with Crippen molar-refractivity contribution >= 4 is 22.6 Å².